The van der Waals surface area contributed by atoms with E-state index >= 15 is 0 Å². The molecule has 0 aliphatic carbocycles. The summed E-state index contributed by atoms with van der Waals surface area (Å²) in [4.78, 5) is 27.9. The number of hydrogen-bond acceptors (Lipinski definition) is 5. The van der Waals surface area contributed by atoms with Crippen LogP contribution in [0.1, 0.15) is 31.4 Å². The Kier molecular flexibility index (Phi) is 10.4. The van der Waals surface area contributed by atoms with Crippen molar-refractivity contribution in [2.45, 2.75) is 43.9 Å². The monoisotopic (exact) mass is 591 g/mol. The number of sulfonamides is 1. The lowest BCUT2D eigenvalue weighted by Gasteiger charge is -2.33. The van der Waals surface area contributed by atoms with E-state index in [9.17, 15) is 31.2 Å². The topological polar surface area (TPSA) is 96.0 Å². The Hall–Kier alpha value is -4.06. The van der Waals surface area contributed by atoms with Gasteiger partial charge in [-0.3, -0.25) is 13.9 Å². The van der Waals surface area contributed by atoms with Crippen LogP contribution in [-0.2, 0) is 32.3 Å². The number of anilines is 1. The lowest BCUT2D eigenvalue weighted by atomic mass is 10.1. The molecule has 220 valence electrons. The molecule has 0 aromatic heterocycles. The highest BCUT2D eigenvalue weighted by atomic mass is 32.2. The van der Waals surface area contributed by atoms with Crippen LogP contribution in [0.2, 0.25) is 0 Å². The quantitative estimate of drug-likeness (QED) is 0.325. The van der Waals surface area contributed by atoms with E-state index < -0.39 is 46.2 Å². The van der Waals surface area contributed by atoms with Crippen molar-refractivity contribution in [1.29, 1.82) is 0 Å². The highest BCUT2D eigenvalue weighted by Crippen LogP contribution is 2.33. The largest absolute Gasteiger partial charge is 0.497 e. The highest BCUT2D eigenvalue weighted by Gasteiger charge is 2.35. The van der Waals surface area contributed by atoms with Crippen LogP contribution in [-0.4, -0.2) is 51.4 Å². The second-order valence-electron chi connectivity index (χ2n) is 9.06. The van der Waals surface area contributed by atoms with Gasteiger partial charge in [-0.05, 0) is 61.4 Å². The minimum atomic E-state index is -4.74. The van der Waals surface area contributed by atoms with Crippen molar-refractivity contribution in [2.24, 2.45) is 0 Å². The molecule has 0 heterocycles. The highest BCUT2D eigenvalue weighted by molar-refractivity contribution is 7.92. The molecule has 8 nitrogen and oxygen atoms in total. The number of methoxy groups -OCH3 is 1. The summed E-state index contributed by atoms with van der Waals surface area (Å²) in [5, 5.41) is 2.69. The van der Waals surface area contributed by atoms with Gasteiger partial charge in [0, 0.05) is 13.1 Å². The molecule has 1 N–H and O–H groups in total. The van der Waals surface area contributed by atoms with E-state index in [1.54, 1.807) is 44.2 Å². The summed E-state index contributed by atoms with van der Waals surface area (Å²) in [6, 6.07) is 16.7. The summed E-state index contributed by atoms with van der Waals surface area (Å²) in [5.74, 6) is -0.628. The third-order valence-corrected chi connectivity index (χ3v) is 8.11. The number of halogens is 3. The number of benzene rings is 3. The van der Waals surface area contributed by atoms with Gasteiger partial charge in [-0.2, -0.15) is 13.2 Å². The Morgan fingerprint density at radius 1 is 0.951 bits per heavy atom. The maximum absolute atomic E-state index is 13.9. The molecular formula is C29H32F3N3O5S. The molecule has 2 amide bonds. The number of hydrogen-bond donors (Lipinski definition) is 1. The molecule has 41 heavy (non-hydrogen) atoms. The fourth-order valence-corrected chi connectivity index (χ4v) is 5.65. The van der Waals surface area contributed by atoms with Gasteiger partial charge >= 0.3 is 6.18 Å². The van der Waals surface area contributed by atoms with Crippen molar-refractivity contribution in [2.75, 3.05) is 24.5 Å². The first-order valence-corrected chi connectivity index (χ1v) is 14.3. The smallest absolute Gasteiger partial charge is 0.416 e. The molecule has 1 atom stereocenters. The third-order valence-electron chi connectivity index (χ3n) is 6.32. The fourth-order valence-electron chi connectivity index (χ4n) is 4.22. The summed E-state index contributed by atoms with van der Waals surface area (Å²) < 4.78 is 74.0. The average Bonchev–Trinajstić information content (AvgIpc) is 2.96. The van der Waals surface area contributed by atoms with Gasteiger partial charge in [0.15, 0.2) is 0 Å². The van der Waals surface area contributed by atoms with Crippen LogP contribution in [0.25, 0.3) is 0 Å². The van der Waals surface area contributed by atoms with Crippen LogP contribution in [0, 0.1) is 0 Å². The Bertz CT molecular complexity index is 1430. The molecule has 3 rings (SSSR count). The van der Waals surface area contributed by atoms with Crippen LogP contribution in [0.3, 0.4) is 0 Å². The summed E-state index contributed by atoms with van der Waals surface area (Å²) >= 11 is 0. The summed E-state index contributed by atoms with van der Waals surface area (Å²) in [7, 11) is -2.99. The molecule has 0 unspecified atom stereocenters. The molecule has 3 aromatic rings. The van der Waals surface area contributed by atoms with E-state index in [2.05, 4.69) is 5.32 Å². The van der Waals surface area contributed by atoms with Gasteiger partial charge in [-0.15, -0.1) is 0 Å². The second-order valence-corrected chi connectivity index (χ2v) is 10.9. The van der Waals surface area contributed by atoms with Crippen LogP contribution in [0.15, 0.2) is 83.8 Å². The zero-order valence-corrected chi connectivity index (χ0v) is 23.7. The fraction of sp³-hybridized carbons (Fsp3) is 0.310. The average molecular weight is 592 g/mol. The summed E-state index contributed by atoms with van der Waals surface area (Å²) in [6.07, 6.45) is -4.53. The van der Waals surface area contributed by atoms with Crippen molar-refractivity contribution in [1.82, 2.24) is 10.2 Å². The predicted octanol–water partition coefficient (Wildman–Crippen LogP) is 4.85. The van der Waals surface area contributed by atoms with Crippen molar-refractivity contribution in [3.63, 3.8) is 0 Å². The summed E-state index contributed by atoms with van der Waals surface area (Å²) in [6.45, 7) is 2.84. The molecule has 0 bridgehead atoms. The maximum atomic E-state index is 13.9. The van der Waals surface area contributed by atoms with E-state index in [4.69, 9.17) is 4.74 Å². The molecule has 0 fully saturated rings. The molecular weight excluding hydrogens is 559 g/mol. The first-order valence-electron chi connectivity index (χ1n) is 12.9. The lowest BCUT2D eigenvalue weighted by molar-refractivity contribution is -0.140. The zero-order chi connectivity index (χ0) is 30.2. The lowest BCUT2D eigenvalue weighted by Crippen LogP contribution is -2.52. The van der Waals surface area contributed by atoms with Crippen LogP contribution in [0.5, 0.6) is 5.75 Å². The standard InChI is InChI=1S/C29H32F3N3O5S/c1-4-26(28(37)33-5-2)34(19-21-14-16-24(40-3)17-15-21)27(36)20-35(41(38,39)25-12-7-6-8-13-25)23-11-9-10-22(18-23)29(30,31)32/h6-18,26H,4-5,19-20H2,1-3H3,(H,33,37)/t26-/m1/s1. The minimum absolute atomic E-state index is 0.0553. The van der Waals surface area contributed by atoms with E-state index in [1.165, 1.54) is 42.3 Å². The minimum Gasteiger partial charge on any atom is -0.497 e. The molecule has 0 spiro atoms. The number of likely N-dealkylation sites (N-methyl/N-ethyl adjacent to an activating group) is 1. The molecule has 0 aliphatic rings. The van der Waals surface area contributed by atoms with Crippen molar-refractivity contribution in [3.8, 4) is 5.75 Å². The number of ether oxygens (including phenoxy) is 1. The second kappa shape index (κ2) is 13.5. The number of nitrogens with one attached hydrogen (secondary N) is 1. The van der Waals surface area contributed by atoms with E-state index in [1.807, 2.05) is 0 Å². The third kappa shape index (κ3) is 7.78. The Labute approximate surface area is 237 Å². The molecule has 0 aliphatic heterocycles. The van der Waals surface area contributed by atoms with Crippen LogP contribution >= 0.6 is 0 Å². The Morgan fingerprint density at radius 3 is 2.17 bits per heavy atom. The van der Waals surface area contributed by atoms with Gasteiger partial charge in [-0.25, -0.2) is 8.42 Å². The van der Waals surface area contributed by atoms with Gasteiger partial charge in [0.2, 0.25) is 11.8 Å². The van der Waals surface area contributed by atoms with Gasteiger partial charge < -0.3 is 15.0 Å². The molecule has 3 aromatic carbocycles. The summed E-state index contributed by atoms with van der Waals surface area (Å²) in [5.41, 5.74) is -0.773. The Morgan fingerprint density at radius 2 is 1.61 bits per heavy atom. The molecule has 0 saturated heterocycles. The molecule has 12 heteroatoms. The van der Waals surface area contributed by atoms with E-state index in [-0.39, 0.29) is 23.5 Å². The number of carbonyl (C=O) groups excluding carboxylic acids is 2. The molecule has 0 saturated carbocycles. The maximum Gasteiger partial charge on any atom is 0.416 e. The van der Waals surface area contributed by atoms with E-state index in [0.29, 0.717) is 28.2 Å². The van der Waals surface area contributed by atoms with Crippen molar-refractivity contribution >= 4 is 27.5 Å². The SMILES string of the molecule is CCNC(=O)[C@@H](CC)N(Cc1ccc(OC)cc1)C(=O)CN(c1cccc(C(F)(F)F)c1)S(=O)(=O)c1ccccc1. The van der Waals surface area contributed by atoms with Gasteiger partial charge in [-0.1, -0.05) is 43.3 Å². The Balaban J connectivity index is 2.09. The van der Waals surface area contributed by atoms with Crippen LogP contribution in [0.4, 0.5) is 18.9 Å². The number of rotatable bonds is 12. The first kappa shape index (κ1) is 31.5. The number of nitrogens with zero attached hydrogens (tertiary/aromatic N) is 2. The molecule has 0 radical (unpaired) electrons. The normalized spacial score (nSPS) is 12.3. The first-order chi connectivity index (χ1) is 19.4. The van der Waals surface area contributed by atoms with Crippen molar-refractivity contribution in [3.05, 3.63) is 90.0 Å². The number of amides is 2. The predicted molar refractivity (Wildman–Crippen MR) is 149 cm³/mol. The number of alkyl halides is 3. The van der Waals surface area contributed by atoms with E-state index in [0.717, 1.165) is 12.1 Å². The van der Waals surface area contributed by atoms with Crippen LogP contribution < -0.4 is 14.4 Å². The number of carbonyl (C=O) groups is 2. The van der Waals surface area contributed by atoms with Gasteiger partial charge in [0.1, 0.15) is 18.3 Å². The van der Waals surface area contributed by atoms with Gasteiger partial charge in [0.05, 0.1) is 23.3 Å². The van der Waals surface area contributed by atoms with Gasteiger partial charge in [0.25, 0.3) is 10.0 Å². The van der Waals surface area contributed by atoms with Crippen molar-refractivity contribution < 1.29 is 35.9 Å². The zero-order valence-electron chi connectivity index (χ0n) is 22.9.